The summed E-state index contributed by atoms with van der Waals surface area (Å²) < 4.78 is 4.66. The number of anilines is 1. The lowest BCUT2D eigenvalue weighted by atomic mass is 10.0. The smallest absolute Gasteiger partial charge is 0.309 e. The fourth-order valence-electron chi connectivity index (χ4n) is 1.78. The Labute approximate surface area is 106 Å². The van der Waals surface area contributed by atoms with Crippen LogP contribution in [0.2, 0.25) is 0 Å². The molecule has 0 amide bonds. The molecular formula is C15H15NO2. The van der Waals surface area contributed by atoms with Gasteiger partial charge in [-0.3, -0.25) is 4.79 Å². The number of methoxy groups -OCH3 is 1. The minimum Gasteiger partial charge on any atom is -0.469 e. The number of hydrogen-bond donors (Lipinski definition) is 1. The molecule has 3 nitrogen and oxygen atoms in total. The highest BCUT2D eigenvalue weighted by Crippen LogP contribution is 2.21. The summed E-state index contributed by atoms with van der Waals surface area (Å²) in [6.07, 6.45) is 0.291. The van der Waals surface area contributed by atoms with Crippen LogP contribution in [0.25, 0.3) is 11.1 Å². The summed E-state index contributed by atoms with van der Waals surface area (Å²) in [4.78, 5) is 11.2. The van der Waals surface area contributed by atoms with Crippen LogP contribution in [0.15, 0.2) is 48.5 Å². The SMILES string of the molecule is COC(=O)Cc1cccc(-c2ccc(N)cc2)c1. The number of hydrogen-bond acceptors (Lipinski definition) is 3. The van der Waals surface area contributed by atoms with E-state index in [1.54, 1.807) is 0 Å². The molecule has 2 rings (SSSR count). The number of ether oxygens (including phenoxy) is 1. The molecule has 0 saturated heterocycles. The van der Waals surface area contributed by atoms with E-state index in [0.29, 0.717) is 6.42 Å². The predicted molar refractivity (Wildman–Crippen MR) is 72.0 cm³/mol. The highest BCUT2D eigenvalue weighted by molar-refractivity contribution is 5.74. The molecule has 3 heteroatoms. The normalized spacial score (nSPS) is 10.1. The molecule has 18 heavy (non-hydrogen) atoms. The van der Waals surface area contributed by atoms with Gasteiger partial charge in [-0.15, -0.1) is 0 Å². The summed E-state index contributed by atoms with van der Waals surface area (Å²) in [5.74, 6) is -0.232. The minimum atomic E-state index is -0.232. The molecular weight excluding hydrogens is 226 g/mol. The third-order valence-corrected chi connectivity index (χ3v) is 2.75. The predicted octanol–water partition coefficient (Wildman–Crippen LogP) is 2.65. The molecule has 0 bridgehead atoms. The second kappa shape index (κ2) is 5.36. The zero-order valence-electron chi connectivity index (χ0n) is 10.2. The third kappa shape index (κ3) is 2.88. The van der Waals surface area contributed by atoms with Crippen LogP contribution in [-0.4, -0.2) is 13.1 Å². The molecule has 0 radical (unpaired) electrons. The molecule has 0 atom stereocenters. The van der Waals surface area contributed by atoms with Gasteiger partial charge in [-0.2, -0.15) is 0 Å². The maximum absolute atomic E-state index is 11.2. The fraction of sp³-hybridized carbons (Fsp3) is 0.133. The van der Waals surface area contributed by atoms with Crippen LogP contribution in [0.5, 0.6) is 0 Å². The summed E-state index contributed by atoms with van der Waals surface area (Å²) in [6, 6.07) is 15.5. The van der Waals surface area contributed by atoms with Gasteiger partial charge in [0, 0.05) is 5.69 Å². The molecule has 0 aliphatic rings. The van der Waals surface area contributed by atoms with E-state index in [0.717, 1.165) is 22.4 Å². The Kier molecular flexibility index (Phi) is 3.63. The first-order chi connectivity index (χ1) is 8.69. The van der Waals surface area contributed by atoms with E-state index in [9.17, 15) is 4.79 Å². The van der Waals surface area contributed by atoms with Crippen LogP contribution in [0.3, 0.4) is 0 Å². The van der Waals surface area contributed by atoms with Crippen molar-refractivity contribution in [1.29, 1.82) is 0 Å². The van der Waals surface area contributed by atoms with E-state index in [1.807, 2.05) is 48.5 Å². The van der Waals surface area contributed by atoms with Crippen LogP contribution in [0.1, 0.15) is 5.56 Å². The number of nitrogen functional groups attached to an aromatic ring is 1. The average Bonchev–Trinajstić information content (AvgIpc) is 2.40. The van der Waals surface area contributed by atoms with Gasteiger partial charge < -0.3 is 10.5 Å². The molecule has 0 aliphatic carbocycles. The van der Waals surface area contributed by atoms with Gasteiger partial charge in [0.2, 0.25) is 0 Å². The average molecular weight is 241 g/mol. The molecule has 2 N–H and O–H groups in total. The van der Waals surface area contributed by atoms with Gasteiger partial charge in [0.05, 0.1) is 13.5 Å². The van der Waals surface area contributed by atoms with Gasteiger partial charge in [0.15, 0.2) is 0 Å². The molecule has 0 unspecified atom stereocenters. The van der Waals surface area contributed by atoms with Crippen molar-refractivity contribution < 1.29 is 9.53 Å². The van der Waals surface area contributed by atoms with Crippen molar-refractivity contribution in [2.24, 2.45) is 0 Å². The quantitative estimate of drug-likeness (QED) is 0.664. The van der Waals surface area contributed by atoms with Crippen LogP contribution >= 0.6 is 0 Å². The summed E-state index contributed by atoms with van der Waals surface area (Å²) in [6.45, 7) is 0. The van der Waals surface area contributed by atoms with Gasteiger partial charge >= 0.3 is 5.97 Å². The molecule has 2 aromatic carbocycles. The van der Waals surface area contributed by atoms with Gasteiger partial charge in [0.25, 0.3) is 0 Å². The van der Waals surface area contributed by atoms with Crippen molar-refractivity contribution in [1.82, 2.24) is 0 Å². The van der Waals surface area contributed by atoms with Gasteiger partial charge in [-0.05, 0) is 28.8 Å². The molecule has 0 aliphatic heterocycles. The summed E-state index contributed by atoms with van der Waals surface area (Å²) in [5, 5.41) is 0. The monoisotopic (exact) mass is 241 g/mol. The Morgan fingerprint density at radius 1 is 1.11 bits per heavy atom. The Morgan fingerprint density at radius 2 is 1.83 bits per heavy atom. The molecule has 0 aromatic heterocycles. The van der Waals surface area contributed by atoms with Gasteiger partial charge in [0.1, 0.15) is 0 Å². The van der Waals surface area contributed by atoms with Gasteiger partial charge in [-0.1, -0.05) is 36.4 Å². The number of benzene rings is 2. The summed E-state index contributed by atoms with van der Waals surface area (Å²) in [5.41, 5.74) is 9.48. The highest BCUT2D eigenvalue weighted by Gasteiger charge is 2.04. The Morgan fingerprint density at radius 3 is 2.50 bits per heavy atom. The van der Waals surface area contributed by atoms with E-state index in [1.165, 1.54) is 7.11 Å². The largest absolute Gasteiger partial charge is 0.469 e. The Bertz CT molecular complexity index is 547. The van der Waals surface area contributed by atoms with Crippen molar-refractivity contribution >= 4 is 11.7 Å². The topological polar surface area (TPSA) is 52.3 Å². The molecule has 92 valence electrons. The summed E-state index contributed by atoms with van der Waals surface area (Å²) >= 11 is 0. The number of rotatable bonds is 3. The van der Waals surface area contributed by atoms with Crippen LogP contribution in [-0.2, 0) is 16.0 Å². The van der Waals surface area contributed by atoms with Gasteiger partial charge in [-0.25, -0.2) is 0 Å². The van der Waals surface area contributed by atoms with Crippen LogP contribution in [0, 0.1) is 0 Å². The molecule has 2 aromatic rings. The minimum absolute atomic E-state index is 0.232. The molecule has 0 spiro atoms. The van der Waals surface area contributed by atoms with E-state index in [2.05, 4.69) is 4.74 Å². The molecule has 0 saturated carbocycles. The third-order valence-electron chi connectivity index (χ3n) is 2.75. The second-order valence-electron chi connectivity index (χ2n) is 4.08. The zero-order valence-corrected chi connectivity index (χ0v) is 10.2. The standard InChI is InChI=1S/C15H15NO2/c1-18-15(17)10-11-3-2-4-13(9-11)12-5-7-14(16)8-6-12/h2-9H,10,16H2,1H3. The van der Waals surface area contributed by atoms with Crippen LogP contribution < -0.4 is 5.73 Å². The zero-order chi connectivity index (χ0) is 13.0. The number of carbonyl (C=O) groups is 1. The lowest BCUT2D eigenvalue weighted by Gasteiger charge is -2.05. The maximum Gasteiger partial charge on any atom is 0.309 e. The van der Waals surface area contributed by atoms with E-state index >= 15 is 0 Å². The Balaban J connectivity index is 2.26. The van der Waals surface area contributed by atoms with Crippen molar-refractivity contribution in [3.05, 3.63) is 54.1 Å². The lowest BCUT2D eigenvalue weighted by Crippen LogP contribution is -2.04. The number of esters is 1. The van der Waals surface area contributed by atoms with Crippen molar-refractivity contribution in [2.75, 3.05) is 12.8 Å². The van der Waals surface area contributed by atoms with E-state index in [4.69, 9.17) is 5.73 Å². The Hall–Kier alpha value is -2.29. The number of nitrogens with two attached hydrogens (primary N) is 1. The molecule has 0 fully saturated rings. The highest BCUT2D eigenvalue weighted by atomic mass is 16.5. The second-order valence-corrected chi connectivity index (χ2v) is 4.08. The maximum atomic E-state index is 11.2. The molecule has 0 heterocycles. The van der Waals surface area contributed by atoms with Crippen molar-refractivity contribution in [3.8, 4) is 11.1 Å². The van der Waals surface area contributed by atoms with E-state index in [-0.39, 0.29) is 5.97 Å². The van der Waals surface area contributed by atoms with Crippen LogP contribution in [0.4, 0.5) is 5.69 Å². The number of carbonyl (C=O) groups excluding carboxylic acids is 1. The van der Waals surface area contributed by atoms with E-state index < -0.39 is 0 Å². The first-order valence-corrected chi connectivity index (χ1v) is 5.71. The first kappa shape index (κ1) is 12.2. The van der Waals surface area contributed by atoms with Crippen molar-refractivity contribution in [3.63, 3.8) is 0 Å². The summed E-state index contributed by atoms with van der Waals surface area (Å²) in [7, 11) is 1.39. The lowest BCUT2D eigenvalue weighted by molar-refractivity contribution is -0.139. The first-order valence-electron chi connectivity index (χ1n) is 5.71. The van der Waals surface area contributed by atoms with Crippen molar-refractivity contribution in [2.45, 2.75) is 6.42 Å². The fourth-order valence-corrected chi connectivity index (χ4v) is 1.78.